The monoisotopic (exact) mass is 692 g/mol. The van der Waals surface area contributed by atoms with Crippen LogP contribution in [0.2, 0.25) is 5.02 Å². The van der Waals surface area contributed by atoms with Crippen LogP contribution in [0.15, 0.2) is 43.1 Å². The maximum Gasteiger partial charge on any atom is 0.256 e. The standard InChI is InChI=1S/C34H45ClN10O4/c1-22(46-3)12-13-48-33-31(18-44(40-33)26-5-7-27(8-6-26)45-28-9-10-29(45)20-47-19-28)39-34-36-15-25(16-37-34)24-4-11-30(35)32(14-24)49-23(2)17-43-21-38-41-42-43/h4,11,14-16,18,21-23,26-29H,5-10,12-13,17,19-20H2,1-3H3,(H,36,37,39)/t22?,23-,26?,27?,28-,29+/m0/s1. The summed E-state index contributed by atoms with van der Waals surface area (Å²) in [5.74, 6) is 1.55. The van der Waals surface area contributed by atoms with Crippen LogP contribution in [0.5, 0.6) is 11.6 Å². The van der Waals surface area contributed by atoms with Crippen LogP contribution in [0.3, 0.4) is 0 Å². The number of nitrogens with one attached hydrogen (secondary N) is 1. The quantitative estimate of drug-likeness (QED) is 0.182. The number of benzene rings is 1. The summed E-state index contributed by atoms with van der Waals surface area (Å²) in [4.78, 5) is 12.0. The largest absolute Gasteiger partial charge is 0.487 e. The van der Waals surface area contributed by atoms with Crippen LogP contribution in [0.4, 0.5) is 11.6 Å². The van der Waals surface area contributed by atoms with Gasteiger partial charge in [-0.15, -0.1) is 10.2 Å². The van der Waals surface area contributed by atoms with Gasteiger partial charge < -0.3 is 24.3 Å². The molecule has 1 aromatic carbocycles. The molecule has 3 fully saturated rings. The molecule has 3 aromatic heterocycles. The highest BCUT2D eigenvalue weighted by molar-refractivity contribution is 6.32. The van der Waals surface area contributed by atoms with Gasteiger partial charge in [0.1, 0.15) is 23.9 Å². The molecule has 1 unspecified atom stereocenters. The number of tetrazole rings is 1. The normalized spacial score (nSPS) is 23.7. The van der Waals surface area contributed by atoms with Crippen molar-refractivity contribution in [2.75, 3.05) is 32.2 Å². The molecule has 1 aliphatic carbocycles. The fourth-order valence-corrected chi connectivity index (χ4v) is 7.45. The number of hydrogen-bond donors (Lipinski definition) is 1. The van der Waals surface area contributed by atoms with Gasteiger partial charge in [-0.3, -0.25) is 9.58 Å². The lowest BCUT2D eigenvalue weighted by Crippen LogP contribution is -2.52. The molecule has 14 nitrogen and oxygen atoms in total. The first-order valence-electron chi connectivity index (χ1n) is 17.3. The number of methoxy groups -OCH3 is 1. The van der Waals surface area contributed by atoms with Crippen LogP contribution in [0.1, 0.15) is 64.8 Å². The Morgan fingerprint density at radius 2 is 1.69 bits per heavy atom. The Kier molecular flexibility index (Phi) is 10.5. The number of anilines is 2. The number of fused-ring (bicyclic) bond motifs is 2. The van der Waals surface area contributed by atoms with E-state index in [-0.39, 0.29) is 12.2 Å². The Morgan fingerprint density at radius 1 is 0.959 bits per heavy atom. The molecule has 3 aliphatic rings. The van der Waals surface area contributed by atoms with Crippen LogP contribution in [-0.4, -0.2) is 102 Å². The van der Waals surface area contributed by atoms with Gasteiger partial charge in [0, 0.05) is 49.6 Å². The molecule has 0 amide bonds. The molecule has 5 heterocycles. The minimum atomic E-state index is -0.205. The number of halogens is 1. The molecular weight excluding hydrogens is 648 g/mol. The fourth-order valence-electron chi connectivity index (χ4n) is 7.29. The minimum Gasteiger partial charge on any atom is -0.487 e. The van der Waals surface area contributed by atoms with E-state index in [1.54, 1.807) is 30.5 Å². The smallest absolute Gasteiger partial charge is 0.256 e. The Morgan fingerprint density at radius 3 is 2.41 bits per heavy atom. The van der Waals surface area contributed by atoms with Crippen LogP contribution < -0.4 is 14.8 Å². The molecule has 2 bridgehead atoms. The van der Waals surface area contributed by atoms with Gasteiger partial charge in [-0.05, 0) is 80.5 Å². The van der Waals surface area contributed by atoms with Crippen LogP contribution in [0, 0.1) is 0 Å². The summed E-state index contributed by atoms with van der Waals surface area (Å²) in [6, 6.07) is 7.74. The number of nitrogens with zero attached hydrogens (tertiary/aromatic N) is 9. The van der Waals surface area contributed by atoms with Crippen molar-refractivity contribution in [1.29, 1.82) is 0 Å². The van der Waals surface area contributed by atoms with Gasteiger partial charge in [0.25, 0.3) is 5.88 Å². The maximum absolute atomic E-state index is 6.47. The lowest BCUT2D eigenvalue weighted by molar-refractivity contribution is -0.0458. The average molecular weight is 693 g/mol. The van der Waals surface area contributed by atoms with Crippen molar-refractivity contribution in [3.05, 3.63) is 48.1 Å². The molecule has 0 radical (unpaired) electrons. The molecule has 0 spiro atoms. The SMILES string of the molecule is COC(C)CCOc1nn(C2CCC(N3[C@@H]4CC[C@H]3COC4)CC2)cc1Nc1ncc(-c2ccc(Cl)c(O[C@@H](C)Cn3cnnn3)c2)cn1. The maximum atomic E-state index is 6.47. The third kappa shape index (κ3) is 7.98. The molecule has 262 valence electrons. The number of morpholine rings is 1. The van der Waals surface area contributed by atoms with Crippen LogP contribution in [-0.2, 0) is 16.0 Å². The molecule has 1 N–H and O–H groups in total. The lowest BCUT2D eigenvalue weighted by Gasteiger charge is -2.43. The summed E-state index contributed by atoms with van der Waals surface area (Å²) < 4.78 is 27.3. The van der Waals surface area contributed by atoms with E-state index < -0.39 is 0 Å². The Bertz CT molecular complexity index is 1630. The molecule has 7 rings (SSSR count). The highest BCUT2D eigenvalue weighted by Gasteiger charge is 2.42. The van der Waals surface area contributed by atoms with Gasteiger partial charge >= 0.3 is 0 Å². The molecule has 1 saturated carbocycles. The third-order valence-corrected chi connectivity index (χ3v) is 10.3. The van der Waals surface area contributed by atoms with Crippen molar-refractivity contribution in [2.24, 2.45) is 0 Å². The predicted octanol–water partition coefficient (Wildman–Crippen LogP) is 5.34. The van der Waals surface area contributed by atoms with Gasteiger partial charge in [-0.25, -0.2) is 14.6 Å². The molecule has 49 heavy (non-hydrogen) atoms. The fraction of sp³-hybridized carbons (Fsp3) is 0.588. The van der Waals surface area contributed by atoms with Crippen molar-refractivity contribution >= 4 is 23.2 Å². The summed E-state index contributed by atoms with van der Waals surface area (Å²) >= 11 is 6.47. The first kappa shape index (κ1) is 33.6. The topological polar surface area (TPSA) is 139 Å². The zero-order valence-corrected chi connectivity index (χ0v) is 29.1. The van der Waals surface area contributed by atoms with E-state index in [9.17, 15) is 0 Å². The molecule has 2 aliphatic heterocycles. The Labute approximate surface area is 291 Å². The van der Waals surface area contributed by atoms with E-state index in [1.165, 1.54) is 25.7 Å². The molecular formula is C34H45ClN10O4. The number of ether oxygens (including phenoxy) is 4. The van der Waals surface area contributed by atoms with Gasteiger partial charge in [0.2, 0.25) is 5.95 Å². The molecule has 4 atom stereocenters. The van der Waals surface area contributed by atoms with Crippen molar-refractivity contribution in [2.45, 2.75) is 102 Å². The van der Waals surface area contributed by atoms with Gasteiger partial charge in [-0.1, -0.05) is 17.7 Å². The first-order valence-corrected chi connectivity index (χ1v) is 17.7. The van der Waals surface area contributed by atoms with Crippen molar-refractivity contribution < 1.29 is 18.9 Å². The zero-order valence-electron chi connectivity index (χ0n) is 28.3. The summed E-state index contributed by atoms with van der Waals surface area (Å²) in [6.07, 6.45) is 14.8. The van der Waals surface area contributed by atoms with Crippen molar-refractivity contribution in [3.63, 3.8) is 0 Å². The number of rotatable bonds is 14. The van der Waals surface area contributed by atoms with E-state index >= 15 is 0 Å². The van der Waals surface area contributed by atoms with E-state index in [2.05, 4.69) is 40.4 Å². The second-order valence-electron chi connectivity index (χ2n) is 13.4. The van der Waals surface area contributed by atoms with Gasteiger partial charge in [0.05, 0.1) is 49.7 Å². The number of aromatic nitrogens is 8. The van der Waals surface area contributed by atoms with Crippen molar-refractivity contribution in [1.82, 2.24) is 44.9 Å². The Balaban J connectivity index is 1.02. The summed E-state index contributed by atoms with van der Waals surface area (Å²) in [6.45, 7) is 6.71. The Hall–Kier alpha value is -3.85. The minimum absolute atomic E-state index is 0.0909. The van der Waals surface area contributed by atoms with Crippen LogP contribution >= 0.6 is 11.6 Å². The van der Waals surface area contributed by atoms with Gasteiger partial charge in [0.15, 0.2) is 0 Å². The second kappa shape index (κ2) is 15.4. The zero-order chi connectivity index (χ0) is 33.7. The second-order valence-corrected chi connectivity index (χ2v) is 13.8. The number of hydrogen-bond acceptors (Lipinski definition) is 12. The molecule has 4 aromatic rings. The van der Waals surface area contributed by atoms with E-state index in [0.29, 0.717) is 59.9 Å². The average Bonchev–Trinajstić information content (AvgIpc) is 3.84. The molecule has 2 saturated heterocycles. The van der Waals surface area contributed by atoms with Crippen molar-refractivity contribution in [3.8, 4) is 22.8 Å². The first-order chi connectivity index (χ1) is 23.9. The summed E-state index contributed by atoms with van der Waals surface area (Å²) in [5.41, 5.74) is 2.45. The third-order valence-electron chi connectivity index (χ3n) is 9.95. The molecule has 15 heteroatoms. The van der Waals surface area contributed by atoms with Gasteiger partial charge in [-0.2, -0.15) is 0 Å². The van der Waals surface area contributed by atoms with E-state index in [4.69, 9.17) is 35.6 Å². The lowest BCUT2D eigenvalue weighted by atomic mass is 9.89. The highest BCUT2D eigenvalue weighted by atomic mass is 35.5. The summed E-state index contributed by atoms with van der Waals surface area (Å²) in [5, 5.41) is 20.0. The highest BCUT2D eigenvalue weighted by Crippen LogP contribution is 2.39. The van der Waals surface area contributed by atoms with E-state index in [1.807, 2.05) is 38.2 Å². The predicted molar refractivity (Wildman–Crippen MR) is 183 cm³/mol. The summed E-state index contributed by atoms with van der Waals surface area (Å²) in [7, 11) is 1.71. The van der Waals surface area contributed by atoms with Crippen LogP contribution in [0.25, 0.3) is 11.1 Å². The van der Waals surface area contributed by atoms with E-state index in [0.717, 1.165) is 49.3 Å².